The van der Waals surface area contributed by atoms with Crippen LogP contribution in [0.4, 0.5) is 5.69 Å². The number of hydrogen-bond donors (Lipinski definition) is 1. The number of amides is 1. The normalized spacial score (nSPS) is 18.1. The quantitative estimate of drug-likeness (QED) is 0.933. The number of nitrogens with zero attached hydrogens (tertiary/aromatic N) is 1. The SMILES string of the molecule is CC(C(=O)Nc1cccc(Cl)c1Cl)N1CCOCC1. The summed E-state index contributed by atoms with van der Waals surface area (Å²) in [6.07, 6.45) is 0. The van der Waals surface area contributed by atoms with Gasteiger partial charge in [0, 0.05) is 13.1 Å². The minimum atomic E-state index is -0.223. The average Bonchev–Trinajstić information content (AvgIpc) is 2.44. The van der Waals surface area contributed by atoms with Gasteiger partial charge in [-0.25, -0.2) is 0 Å². The van der Waals surface area contributed by atoms with Gasteiger partial charge in [0.15, 0.2) is 0 Å². The lowest BCUT2D eigenvalue weighted by molar-refractivity contribution is -0.122. The molecular weight excluding hydrogens is 287 g/mol. The number of halogens is 2. The molecule has 0 saturated carbocycles. The Balaban J connectivity index is 2.01. The smallest absolute Gasteiger partial charge is 0.241 e. The third-order valence-electron chi connectivity index (χ3n) is 3.18. The number of anilines is 1. The Morgan fingerprint density at radius 3 is 2.74 bits per heavy atom. The van der Waals surface area contributed by atoms with Crippen molar-refractivity contribution in [3.63, 3.8) is 0 Å². The zero-order valence-corrected chi connectivity index (χ0v) is 12.2. The second-order valence-corrected chi connectivity index (χ2v) is 5.20. The lowest BCUT2D eigenvalue weighted by Crippen LogP contribution is -2.47. The molecule has 1 saturated heterocycles. The van der Waals surface area contributed by atoms with Gasteiger partial charge in [-0.15, -0.1) is 0 Å². The molecule has 104 valence electrons. The molecule has 0 aliphatic carbocycles. The summed E-state index contributed by atoms with van der Waals surface area (Å²) in [5.41, 5.74) is 0.541. The van der Waals surface area contributed by atoms with Crippen LogP contribution in [0.25, 0.3) is 0 Å². The summed E-state index contributed by atoms with van der Waals surface area (Å²) in [6.45, 7) is 4.72. The highest BCUT2D eigenvalue weighted by Crippen LogP contribution is 2.29. The van der Waals surface area contributed by atoms with Crippen molar-refractivity contribution >= 4 is 34.8 Å². The van der Waals surface area contributed by atoms with Crippen LogP contribution in [0, 0.1) is 0 Å². The van der Waals surface area contributed by atoms with Gasteiger partial charge in [-0.3, -0.25) is 9.69 Å². The van der Waals surface area contributed by atoms with Crippen LogP contribution in [0.1, 0.15) is 6.92 Å². The first-order valence-electron chi connectivity index (χ1n) is 6.16. The third kappa shape index (κ3) is 3.60. The van der Waals surface area contributed by atoms with E-state index in [0.29, 0.717) is 28.9 Å². The van der Waals surface area contributed by atoms with Crippen LogP contribution >= 0.6 is 23.2 Å². The van der Waals surface area contributed by atoms with Crippen molar-refractivity contribution in [3.8, 4) is 0 Å². The van der Waals surface area contributed by atoms with E-state index in [4.69, 9.17) is 27.9 Å². The maximum atomic E-state index is 12.2. The number of rotatable bonds is 3. The predicted octanol–water partition coefficient (Wildman–Crippen LogP) is 2.65. The lowest BCUT2D eigenvalue weighted by Gasteiger charge is -2.31. The van der Waals surface area contributed by atoms with E-state index in [2.05, 4.69) is 10.2 Å². The van der Waals surface area contributed by atoms with Crippen LogP contribution in [0.5, 0.6) is 0 Å². The molecule has 1 aliphatic heterocycles. The van der Waals surface area contributed by atoms with Crippen molar-refractivity contribution in [2.45, 2.75) is 13.0 Å². The summed E-state index contributed by atoms with van der Waals surface area (Å²) >= 11 is 12.0. The number of nitrogens with one attached hydrogen (secondary N) is 1. The molecule has 6 heteroatoms. The van der Waals surface area contributed by atoms with Crippen LogP contribution in [0.15, 0.2) is 18.2 Å². The molecule has 19 heavy (non-hydrogen) atoms. The topological polar surface area (TPSA) is 41.6 Å². The Kier molecular flexibility index (Phi) is 5.05. The Labute approximate surface area is 122 Å². The van der Waals surface area contributed by atoms with Crippen LogP contribution in [-0.2, 0) is 9.53 Å². The van der Waals surface area contributed by atoms with Gasteiger partial charge in [0.1, 0.15) is 0 Å². The zero-order valence-electron chi connectivity index (χ0n) is 10.7. The molecule has 1 aromatic rings. The van der Waals surface area contributed by atoms with E-state index in [1.807, 2.05) is 6.92 Å². The van der Waals surface area contributed by atoms with Gasteiger partial charge in [-0.2, -0.15) is 0 Å². The van der Waals surface area contributed by atoms with Gasteiger partial charge >= 0.3 is 0 Å². The monoisotopic (exact) mass is 302 g/mol. The Morgan fingerprint density at radius 2 is 2.05 bits per heavy atom. The Morgan fingerprint density at radius 1 is 1.37 bits per heavy atom. The minimum Gasteiger partial charge on any atom is -0.379 e. The molecule has 1 N–H and O–H groups in total. The maximum absolute atomic E-state index is 12.2. The van der Waals surface area contributed by atoms with E-state index in [1.165, 1.54) is 0 Å². The predicted molar refractivity (Wildman–Crippen MR) is 76.9 cm³/mol. The van der Waals surface area contributed by atoms with Crippen LogP contribution in [0.3, 0.4) is 0 Å². The maximum Gasteiger partial charge on any atom is 0.241 e. The number of carbonyl (C=O) groups is 1. The molecule has 1 aromatic carbocycles. The molecule has 1 amide bonds. The number of hydrogen-bond acceptors (Lipinski definition) is 3. The Hall–Kier alpha value is -0.810. The van der Waals surface area contributed by atoms with E-state index in [9.17, 15) is 4.79 Å². The summed E-state index contributed by atoms with van der Waals surface area (Å²) < 4.78 is 5.27. The Bertz CT molecular complexity index is 462. The van der Waals surface area contributed by atoms with Crippen molar-refractivity contribution in [1.82, 2.24) is 4.90 Å². The fourth-order valence-corrected chi connectivity index (χ4v) is 2.32. The van der Waals surface area contributed by atoms with E-state index in [-0.39, 0.29) is 11.9 Å². The van der Waals surface area contributed by atoms with Crippen molar-refractivity contribution in [3.05, 3.63) is 28.2 Å². The van der Waals surface area contributed by atoms with Gasteiger partial charge < -0.3 is 10.1 Å². The lowest BCUT2D eigenvalue weighted by atomic mass is 10.2. The number of morpholine rings is 1. The largest absolute Gasteiger partial charge is 0.379 e. The van der Waals surface area contributed by atoms with Crippen LogP contribution in [0.2, 0.25) is 10.0 Å². The van der Waals surface area contributed by atoms with E-state index < -0.39 is 0 Å². The molecule has 0 radical (unpaired) electrons. The molecule has 0 spiro atoms. The zero-order chi connectivity index (χ0) is 13.8. The highest BCUT2D eigenvalue weighted by Gasteiger charge is 2.23. The van der Waals surface area contributed by atoms with Gasteiger partial charge in [0.25, 0.3) is 0 Å². The third-order valence-corrected chi connectivity index (χ3v) is 4.00. The summed E-state index contributed by atoms with van der Waals surface area (Å²) in [7, 11) is 0. The van der Waals surface area contributed by atoms with E-state index in [1.54, 1.807) is 18.2 Å². The number of carbonyl (C=O) groups excluding carboxylic acids is 1. The van der Waals surface area contributed by atoms with Gasteiger partial charge in [-0.1, -0.05) is 29.3 Å². The summed E-state index contributed by atoms with van der Waals surface area (Å²) in [4.78, 5) is 14.3. The van der Waals surface area contributed by atoms with Gasteiger partial charge in [0.05, 0.1) is 35.0 Å². The average molecular weight is 303 g/mol. The molecule has 0 aromatic heterocycles. The first-order valence-corrected chi connectivity index (χ1v) is 6.92. The second-order valence-electron chi connectivity index (χ2n) is 4.41. The van der Waals surface area contributed by atoms with Crippen LogP contribution < -0.4 is 5.32 Å². The molecule has 0 bridgehead atoms. The van der Waals surface area contributed by atoms with Gasteiger partial charge in [-0.05, 0) is 19.1 Å². The summed E-state index contributed by atoms with van der Waals surface area (Å²) in [5.74, 6) is -0.0916. The second kappa shape index (κ2) is 6.57. The first-order chi connectivity index (χ1) is 9.09. The van der Waals surface area contributed by atoms with Crippen molar-refractivity contribution in [2.75, 3.05) is 31.6 Å². The molecule has 1 aliphatic rings. The molecule has 4 nitrogen and oxygen atoms in total. The van der Waals surface area contributed by atoms with Crippen molar-refractivity contribution in [1.29, 1.82) is 0 Å². The highest BCUT2D eigenvalue weighted by molar-refractivity contribution is 6.44. The molecule has 2 rings (SSSR count). The van der Waals surface area contributed by atoms with Crippen LogP contribution in [-0.4, -0.2) is 43.2 Å². The van der Waals surface area contributed by atoms with Gasteiger partial charge in [0.2, 0.25) is 5.91 Å². The first kappa shape index (κ1) is 14.6. The van der Waals surface area contributed by atoms with E-state index in [0.717, 1.165) is 13.1 Å². The molecule has 1 fully saturated rings. The summed E-state index contributed by atoms with van der Waals surface area (Å²) in [5, 5.41) is 3.61. The summed E-state index contributed by atoms with van der Waals surface area (Å²) in [6, 6.07) is 4.95. The van der Waals surface area contributed by atoms with E-state index >= 15 is 0 Å². The molecule has 1 atom stereocenters. The number of benzene rings is 1. The fourth-order valence-electron chi connectivity index (χ4n) is 1.97. The standard InChI is InChI=1S/C13H16Cl2N2O2/c1-9(17-5-7-19-8-6-17)13(18)16-11-4-2-3-10(14)12(11)15/h2-4,9H,5-8H2,1H3,(H,16,18). The molecular formula is C13H16Cl2N2O2. The minimum absolute atomic E-state index is 0.0916. The highest BCUT2D eigenvalue weighted by atomic mass is 35.5. The van der Waals surface area contributed by atoms with Crippen molar-refractivity contribution < 1.29 is 9.53 Å². The fraction of sp³-hybridized carbons (Fsp3) is 0.462. The van der Waals surface area contributed by atoms with Crippen molar-refractivity contribution in [2.24, 2.45) is 0 Å². The number of ether oxygens (including phenoxy) is 1. The molecule has 1 heterocycles. The molecule has 1 unspecified atom stereocenters.